The summed E-state index contributed by atoms with van der Waals surface area (Å²) < 4.78 is 5.38. The van der Waals surface area contributed by atoms with Gasteiger partial charge in [0.1, 0.15) is 12.0 Å². The number of rotatable bonds is 4. The van der Waals surface area contributed by atoms with Gasteiger partial charge in [-0.1, -0.05) is 6.07 Å². The first-order valence-corrected chi connectivity index (χ1v) is 6.37. The SMILES string of the molecule is Cc1cc(C)cc(N(C)Cc2cc(C(=O)NN)co2)c1. The Morgan fingerprint density at radius 3 is 2.50 bits per heavy atom. The Balaban J connectivity index is 2.13. The number of hydrogen-bond donors (Lipinski definition) is 2. The van der Waals surface area contributed by atoms with E-state index in [-0.39, 0.29) is 5.91 Å². The smallest absolute Gasteiger partial charge is 0.268 e. The van der Waals surface area contributed by atoms with E-state index in [2.05, 4.69) is 42.4 Å². The lowest BCUT2D eigenvalue weighted by Crippen LogP contribution is -2.29. The van der Waals surface area contributed by atoms with Crippen LogP contribution in [0.15, 0.2) is 34.9 Å². The molecule has 0 aliphatic rings. The first-order valence-electron chi connectivity index (χ1n) is 6.37. The van der Waals surface area contributed by atoms with Crippen molar-refractivity contribution in [3.63, 3.8) is 0 Å². The largest absolute Gasteiger partial charge is 0.467 e. The van der Waals surface area contributed by atoms with Gasteiger partial charge in [-0.3, -0.25) is 10.2 Å². The maximum Gasteiger partial charge on any atom is 0.268 e. The van der Waals surface area contributed by atoms with Crippen LogP contribution in [-0.4, -0.2) is 13.0 Å². The van der Waals surface area contributed by atoms with E-state index in [0.717, 1.165) is 5.69 Å². The van der Waals surface area contributed by atoms with Crippen LogP contribution in [0.1, 0.15) is 27.2 Å². The van der Waals surface area contributed by atoms with Gasteiger partial charge in [0.15, 0.2) is 0 Å². The number of aryl methyl sites for hydroxylation is 2. The second kappa shape index (κ2) is 5.79. The van der Waals surface area contributed by atoms with Crippen LogP contribution < -0.4 is 16.2 Å². The van der Waals surface area contributed by atoms with Gasteiger partial charge in [0.25, 0.3) is 5.91 Å². The molecule has 0 spiro atoms. The summed E-state index contributed by atoms with van der Waals surface area (Å²) in [5, 5.41) is 0. The number of furan rings is 1. The molecule has 0 aliphatic heterocycles. The third-order valence-electron chi connectivity index (χ3n) is 3.09. The Hall–Kier alpha value is -2.27. The minimum atomic E-state index is -0.353. The van der Waals surface area contributed by atoms with Gasteiger partial charge in [-0.05, 0) is 43.2 Å². The standard InChI is InChI=1S/C15H19N3O2/c1-10-4-11(2)6-13(5-10)18(3)8-14-7-12(9-20-14)15(19)17-16/h4-7,9H,8,16H2,1-3H3,(H,17,19). The molecular formula is C15H19N3O2. The quantitative estimate of drug-likeness (QED) is 0.508. The minimum Gasteiger partial charge on any atom is -0.467 e. The molecule has 1 amide bonds. The number of amides is 1. The first kappa shape index (κ1) is 14.1. The highest BCUT2D eigenvalue weighted by molar-refractivity contribution is 5.93. The van der Waals surface area contributed by atoms with Gasteiger partial charge in [-0.25, -0.2) is 5.84 Å². The molecule has 2 rings (SSSR count). The average Bonchev–Trinajstić information content (AvgIpc) is 2.85. The topological polar surface area (TPSA) is 71.5 Å². The molecule has 0 aliphatic carbocycles. The zero-order valence-corrected chi connectivity index (χ0v) is 11.9. The molecule has 20 heavy (non-hydrogen) atoms. The van der Waals surface area contributed by atoms with Crippen LogP contribution in [0.2, 0.25) is 0 Å². The predicted octanol–water partition coefficient (Wildman–Crippen LogP) is 2.14. The van der Waals surface area contributed by atoms with Crippen molar-refractivity contribution in [3.05, 3.63) is 53.0 Å². The number of nitrogen functional groups attached to an aromatic ring is 1. The molecule has 5 nitrogen and oxygen atoms in total. The van der Waals surface area contributed by atoms with E-state index in [1.807, 2.05) is 7.05 Å². The number of benzene rings is 1. The molecule has 2 aromatic rings. The Labute approximate surface area is 118 Å². The highest BCUT2D eigenvalue weighted by Crippen LogP contribution is 2.20. The number of anilines is 1. The van der Waals surface area contributed by atoms with Crippen molar-refractivity contribution in [1.29, 1.82) is 0 Å². The van der Waals surface area contributed by atoms with Crippen molar-refractivity contribution in [2.24, 2.45) is 5.84 Å². The average molecular weight is 273 g/mol. The van der Waals surface area contributed by atoms with Crippen molar-refractivity contribution >= 4 is 11.6 Å². The third kappa shape index (κ3) is 3.19. The van der Waals surface area contributed by atoms with Crippen molar-refractivity contribution in [2.75, 3.05) is 11.9 Å². The van der Waals surface area contributed by atoms with Crippen LogP contribution >= 0.6 is 0 Å². The Morgan fingerprint density at radius 2 is 1.90 bits per heavy atom. The second-order valence-electron chi connectivity index (χ2n) is 4.98. The normalized spacial score (nSPS) is 10.4. The molecule has 0 bridgehead atoms. The van der Waals surface area contributed by atoms with Gasteiger partial charge in [0.05, 0.1) is 12.1 Å². The van der Waals surface area contributed by atoms with Gasteiger partial charge in [0.2, 0.25) is 0 Å². The van der Waals surface area contributed by atoms with E-state index in [1.165, 1.54) is 17.4 Å². The lowest BCUT2D eigenvalue weighted by atomic mass is 10.1. The number of nitrogens with zero attached hydrogens (tertiary/aromatic N) is 1. The summed E-state index contributed by atoms with van der Waals surface area (Å²) in [6.45, 7) is 4.72. The van der Waals surface area contributed by atoms with Crippen LogP contribution in [0, 0.1) is 13.8 Å². The van der Waals surface area contributed by atoms with Gasteiger partial charge in [0, 0.05) is 12.7 Å². The van der Waals surface area contributed by atoms with E-state index in [0.29, 0.717) is 17.9 Å². The van der Waals surface area contributed by atoms with Gasteiger partial charge in [-0.2, -0.15) is 0 Å². The van der Waals surface area contributed by atoms with Crippen molar-refractivity contribution in [2.45, 2.75) is 20.4 Å². The lowest BCUT2D eigenvalue weighted by Gasteiger charge is -2.19. The van der Waals surface area contributed by atoms with Gasteiger partial charge < -0.3 is 9.32 Å². The van der Waals surface area contributed by atoms with Crippen LogP contribution in [-0.2, 0) is 6.54 Å². The summed E-state index contributed by atoms with van der Waals surface area (Å²) >= 11 is 0. The fraction of sp³-hybridized carbons (Fsp3) is 0.267. The summed E-state index contributed by atoms with van der Waals surface area (Å²) in [6.07, 6.45) is 1.41. The maximum absolute atomic E-state index is 11.4. The molecule has 0 unspecified atom stereocenters. The lowest BCUT2D eigenvalue weighted by molar-refractivity contribution is 0.0953. The van der Waals surface area contributed by atoms with Crippen molar-refractivity contribution in [1.82, 2.24) is 5.43 Å². The maximum atomic E-state index is 11.4. The Morgan fingerprint density at radius 1 is 1.25 bits per heavy atom. The summed E-state index contributed by atoms with van der Waals surface area (Å²) in [5.41, 5.74) is 6.06. The molecule has 0 atom stereocenters. The molecule has 106 valence electrons. The monoisotopic (exact) mass is 273 g/mol. The molecule has 1 aromatic carbocycles. The summed E-state index contributed by atoms with van der Waals surface area (Å²) in [6, 6.07) is 8.06. The number of carbonyl (C=O) groups is 1. The Bertz CT molecular complexity index is 599. The zero-order chi connectivity index (χ0) is 14.7. The molecule has 5 heteroatoms. The fourth-order valence-corrected chi connectivity index (χ4v) is 2.16. The van der Waals surface area contributed by atoms with Crippen molar-refractivity contribution < 1.29 is 9.21 Å². The molecule has 0 saturated heterocycles. The predicted molar refractivity (Wildman–Crippen MR) is 78.4 cm³/mol. The van der Waals surface area contributed by atoms with Crippen molar-refractivity contribution in [3.8, 4) is 0 Å². The van der Waals surface area contributed by atoms with E-state index in [4.69, 9.17) is 10.3 Å². The molecular weight excluding hydrogens is 254 g/mol. The Kier molecular flexibility index (Phi) is 4.10. The van der Waals surface area contributed by atoms with Gasteiger partial charge >= 0.3 is 0 Å². The first-order chi connectivity index (χ1) is 9.49. The highest BCUT2D eigenvalue weighted by atomic mass is 16.3. The summed E-state index contributed by atoms with van der Waals surface area (Å²) in [5.74, 6) is 5.45. The van der Waals surface area contributed by atoms with E-state index >= 15 is 0 Å². The minimum absolute atomic E-state index is 0.353. The fourth-order valence-electron chi connectivity index (χ4n) is 2.16. The third-order valence-corrected chi connectivity index (χ3v) is 3.09. The summed E-state index contributed by atoms with van der Waals surface area (Å²) in [4.78, 5) is 13.4. The number of nitrogens with two attached hydrogens (primary N) is 1. The molecule has 0 saturated carbocycles. The number of hydrogen-bond acceptors (Lipinski definition) is 4. The second-order valence-corrected chi connectivity index (χ2v) is 4.98. The molecule has 3 N–H and O–H groups in total. The van der Waals surface area contributed by atoms with E-state index in [9.17, 15) is 4.79 Å². The van der Waals surface area contributed by atoms with Gasteiger partial charge in [-0.15, -0.1) is 0 Å². The van der Waals surface area contributed by atoms with Crippen LogP contribution in [0.4, 0.5) is 5.69 Å². The molecule has 1 heterocycles. The highest BCUT2D eigenvalue weighted by Gasteiger charge is 2.11. The van der Waals surface area contributed by atoms with Crippen LogP contribution in [0.25, 0.3) is 0 Å². The number of hydrazine groups is 1. The van der Waals surface area contributed by atoms with Crippen LogP contribution in [0.3, 0.4) is 0 Å². The molecule has 0 fully saturated rings. The zero-order valence-electron chi connectivity index (χ0n) is 11.9. The van der Waals surface area contributed by atoms with E-state index in [1.54, 1.807) is 6.07 Å². The molecule has 1 aromatic heterocycles. The van der Waals surface area contributed by atoms with E-state index < -0.39 is 0 Å². The van der Waals surface area contributed by atoms with Crippen LogP contribution in [0.5, 0.6) is 0 Å². The number of carbonyl (C=O) groups excluding carboxylic acids is 1. The number of nitrogens with one attached hydrogen (secondary N) is 1. The molecule has 0 radical (unpaired) electrons. The summed E-state index contributed by atoms with van der Waals surface area (Å²) in [7, 11) is 1.99.